The zero-order valence-corrected chi connectivity index (χ0v) is 19.4. The van der Waals surface area contributed by atoms with Crippen LogP contribution < -0.4 is 10.2 Å². The summed E-state index contributed by atoms with van der Waals surface area (Å²) in [6.45, 7) is 3.48. The third-order valence-electron chi connectivity index (χ3n) is 6.90. The number of benzene rings is 2. The van der Waals surface area contributed by atoms with Crippen molar-refractivity contribution in [3.05, 3.63) is 62.2 Å². The fraction of sp³-hybridized carbons (Fsp3) is 0.304. The first-order valence-electron chi connectivity index (χ1n) is 10.8. The van der Waals surface area contributed by atoms with Crippen LogP contribution in [0, 0.1) is 35.3 Å². The van der Waals surface area contributed by atoms with E-state index in [1.165, 1.54) is 28.0 Å². The first-order valence-corrected chi connectivity index (χ1v) is 11.2. The van der Waals surface area contributed by atoms with E-state index in [1.807, 2.05) is 6.07 Å². The average molecular weight is 495 g/mol. The minimum Gasteiger partial charge on any atom is -0.317 e. The quantitative estimate of drug-likeness (QED) is 0.393. The smallest absolute Gasteiger partial charge is 0.317 e. The normalized spacial score (nSPS) is 22.5. The maximum atomic E-state index is 13.4. The third kappa shape index (κ3) is 3.29. The molecular weight excluding hydrogens is 476 g/mol. The number of carbonyl (C=O) groups is 3. The molecule has 3 heterocycles. The zero-order chi connectivity index (χ0) is 25.2. The molecule has 2 bridgehead atoms. The molecule has 11 nitrogen and oxygen atoms in total. The lowest BCUT2D eigenvalue weighted by Gasteiger charge is -2.34. The molecule has 3 saturated heterocycles. The summed E-state index contributed by atoms with van der Waals surface area (Å²) in [4.78, 5) is 54.5. The summed E-state index contributed by atoms with van der Waals surface area (Å²) in [6, 6.07) is 6.69. The molecule has 178 valence electrons. The minimum atomic E-state index is -0.840. The average Bonchev–Trinajstić information content (AvgIpc) is 3.48. The number of hydrogen-bond donors (Lipinski definition) is 1. The number of nitro benzene ring substituents is 1. The SMILES string of the molecule is Cc1ccc(NC(=O)N2C[C@H]3CC2[C@@H]2C(=O)N(c4ccc(C#N)c(Cl)c4C)C(=O)N32)cc1[N+](=O)[O-]. The van der Waals surface area contributed by atoms with Crippen LogP contribution in [0.1, 0.15) is 23.1 Å². The molecule has 0 radical (unpaired) electrons. The van der Waals surface area contributed by atoms with E-state index in [0.717, 1.165) is 4.90 Å². The van der Waals surface area contributed by atoms with Crippen molar-refractivity contribution < 1.29 is 19.3 Å². The number of nitrogens with zero attached hydrogens (tertiary/aromatic N) is 5. The largest absolute Gasteiger partial charge is 0.332 e. The molecule has 3 fully saturated rings. The van der Waals surface area contributed by atoms with Crippen molar-refractivity contribution in [3.8, 4) is 6.07 Å². The molecule has 2 aromatic rings. The number of urea groups is 2. The standard InChI is InChI=1S/C23H19ClN6O5/c1-11-3-5-14(7-17(11)30(34)35)26-22(32)27-10-15-8-18(27)20-21(31)29(23(33)28(15)20)16-6-4-13(9-25)19(24)12(16)2/h3-7,15,18,20H,8,10H2,1-2H3,(H,26,32)/t15-,18?,20-/m1/s1. The highest BCUT2D eigenvalue weighted by Crippen LogP contribution is 2.43. The van der Waals surface area contributed by atoms with Crippen molar-refractivity contribution in [2.24, 2.45) is 0 Å². The number of amides is 5. The number of fused-ring (bicyclic) bond motifs is 5. The van der Waals surface area contributed by atoms with Crippen molar-refractivity contribution in [2.45, 2.75) is 38.4 Å². The van der Waals surface area contributed by atoms with E-state index in [2.05, 4.69) is 5.32 Å². The molecule has 5 rings (SSSR count). The highest BCUT2D eigenvalue weighted by Gasteiger charge is 2.63. The Morgan fingerprint density at radius 3 is 2.69 bits per heavy atom. The van der Waals surface area contributed by atoms with Gasteiger partial charge in [-0.25, -0.2) is 14.5 Å². The molecule has 5 amide bonds. The van der Waals surface area contributed by atoms with Crippen molar-refractivity contribution in [1.29, 1.82) is 5.26 Å². The molecular formula is C23H19ClN6O5. The van der Waals surface area contributed by atoms with Gasteiger partial charge in [0.2, 0.25) is 0 Å². The molecule has 3 atom stereocenters. The predicted octanol–water partition coefficient (Wildman–Crippen LogP) is 3.56. The van der Waals surface area contributed by atoms with E-state index in [0.29, 0.717) is 23.2 Å². The van der Waals surface area contributed by atoms with Gasteiger partial charge in [-0.1, -0.05) is 17.7 Å². The first kappa shape index (κ1) is 22.6. The van der Waals surface area contributed by atoms with Gasteiger partial charge in [0.1, 0.15) is 12.1 Å². The number of piperazine rings is 1. The Morgan fingerprint density at radius 2 is 2.00 bits per heavy atom. The van der Waals surface area contributed by atoms with E-state index in [4.69, 9.17) is 11.6 Å². The highest BCUT2D eigenvalue weighted by atomic mass is 35.5. The summed E-state index contributed by atoms with van der Waals surface area (Å²) in [7, 11) is 0. The molecule has 0 aromatic heterocycles. The van der Waals surface area contributed by atoms with Gasteiger partial charge in [-0.15, -0.1) is 0 Å². The zero-order valence-electron chi connectivity index (χ0n) is 18.7. The molecule has 0 saturated carbocycles. The van der Waals surface area contributed by atoms with Crippen LogP contribution in [0.25, 0.3) is 0 Å². The second-order valence-electron chi connectivity index (χ2n) is 8.79. The summed E-state index contributed by atoms with van der Waals surface area (Å²) in [5.74, 6) is -0.463. The number of hydrogen-bond acceptors (Lipinski definition) is 6. The van der Waals surface area contributed by atoms with Gasteiger partial charge >= 0.3 is 12.1 Å². The van der Waals surface area contributed by atoms with Crippen LogP contribution in [0.15, 0.2) is 30.3 Å². The number of nitro groups is 1. The number of carbonyl (C=O) groups excluding carboxylic acids is 3. The Kier molecular flexibility index (Phi) is 5.14. The number of anilines is 2. The Bertz CT molecular complexity index is 1370. The molecule has 0 spiro atoms. The summed E-state index contributed by atoms with van der Waals surface area (Å²) in [6.07, 6.45) is 0.463. The van der Waals surface area contributed by atoms with Gasteiger partial charge < -0.3 is 15.1 Å². The van der Waals surface area contributed by atoms with Gasteiger partial charge in [0, 0.05) is 23.9 Å². The number of rotatable bonds is 3. The van der Waals surface area contributed by atoms with Crippen LogP contribution in [0.2, 0.25) is 5.02 Å². The number of nitrogens with one attached hydrogen (secondary N) is 1. The topological polar surface area (TPSA) is 140 Å². The highest BCUT2D eigenvalue weighted by molar-refractivity contribution is 6.33. The van der Waals surface area contributed by atoms with Crippen molar-refractivity contribution in [2.75, 3.05) is 16.8 Å². The van der Waals surface area contributed by atoms with E-state index >= 15 is 0 Å². The molecule has 35 heavy (non-hydrogen) atoms. The summed E-state index contributed by atoms with van der Waals surface area (Å²) in [5.41, 5.74) is 1.62. The Balaban J connectivity index is 1.39. The maximum Gasteiger partial charge on any atom is 0.332 e. The fourth-order valence-electron chi connectivity index (χ4n) is 5.19. The van der Waals surface area contributed by atoms with Crippen LogP contribution in [-0.4, -0.2) is 57.4 Å². The molecule has 2 aromatic carbocycles. The lowest BCUT2D eigenvalue weighted by molar-refractivity contribution is -0.385. The van der Waals surface area contributed by atoms with Gasteiger partial charge in [-0.3, -0.25) is 14.9 Å². The number of aryl methyl sites for hydroxylation is 1. The van der Waals surface area contributed by atoms with E-state index in [1.54, 1.807) is 26.0 Å². The van der Waals surface area contributed by atoms with Crippen molar-refractivity contribution in [1.82, 2.24) is 9.80 Å². The lowest BCUT2D eigenvalue weighted by Crippen LogP contribution is -2.55. The van der Waals surface area contributed by atoms with Gasteiger partial charge in [0.25, 0.3) is 11.6 Å². The summed E-state index contributed by atoms with van der Waals surface area (Å²) >= 11 is 6.26. The molecule has 3 aliphatic heterocycles. The van der Waals surface area contributed by atoms with Crippen LogP contribution in [0.3, 0.4) is 0 Å². The monoisotopic (exact) mass is 494 g/mol. The lowest BCUT2D eigenvalue weighted by atomic mass is 10.1. The molecule has 1 N–H and O–H groups in total. The summed E-state index contributed by atoms with van der Waals surface area (Å²) < 4.78 is 0. The van der Waals surface area contributed by atoms with E-state index in [-0.39, 0.29) is 34.5 Å². The van der Waals surface area contributed by atoms with Gasteiger partial charge in [0.15, 0.2) is 0 Å². The second kappa shape index (κ2) is 7.95. The Labute approximate surface area is 204 Å². The van der Waals surface area contributed by atoms with E-state index < -0.39 is 35.0 Å². The minimum absolute atomic E-state index is 0.111. The van der Waals surface area contributed by atoms with Gasteiger partial charge in [0.05, 0.1) is 33.3 Å². The Hall–Kier alpha value is -4.17. The molecule has 1 unspecified atom stereocenters. The molecule has 3 aliphatic rings. The number of imide groups is 1. The first-order chi connectivity index (χ1) is 16.6. The number of likely N-dealkylation sites (tertiary alicyclic amines) is 1. The second-order valence-corrected chi connectivity index (χ2v) is 9.17. The summed E-state index contributed by atoms with van der Waals surface area (Å²) in [5, 5.41) is 23.3. The van der Waals surface area contributed by atoms with Crippen molar-refractivity contribution in [3.63, 3.8) is 0 Å². The predicted molar refractivity (Wildman–Crippen MR) is 125 cm³/mol. The van der Waals surface area contributed by atoms with Gasteiger partial charge in [-0.05, 0) is 44.0 Å². The molecule has 0 aliphatic carbocycles. The third-order valence-corrected chi connectivity index (χ3v) is 7.39. The van der Waals surface area contributed by atoms with Gasteiger partial charge in [-0.2, -0.15) is 5.26 Å². The Morgan fingerprint density at radius 1 is 1.26 bits per heavy atom. The van der Waals surface area contributed by atoms with Crippen LogP contribution in [-0.2, 0) is 4.79 Å². The maximum absolute atomic E-state index is 13.4. The van der Waals surface area contributed by atoms with Crippen molar-refractivity contribution >= 4 is 46.6 Å². The van der Waals surface area contributed by atoms with E-state index in [9.17, 15) is 29.8 Å². The number of nitriles is 1. The number of halogens is 1. The fourth-order valence-corrected chi connectivity index (χ4v) is 5.40. The van der Waals surface area contributed by atoms with Crippen LogP contribution >= 0.6 is 11.6 Å². The molecule has 12 heteroatoms. The van der Waals surface area contributed by atoms with Crippen LogP contribution in [0.4, 0.5) is 26.7 Å². The van der Waals surface area contributed by atoms with Crippen LogP contribution in [0.5, 0.6) is 0 Å².